The average molecular weight is 327 g/mol. The highest BCUT2D eigenvalue weighted by atomic mass is 35.5. The molecule has 1 unspecified atom stereocenters. The Morgan fingerprint density at radius 1 is 1.29 bits per heavy atom. The lowest BCUT2D eigenvalue weighted by Crippen LogP contribution is -2.25. The third kappa shape index (κ3) is 4.19. The standard InChI is InChI=1S/C15H20Cl2N4/c1-3-7-18-14(9-15-19-10-20-21(15)4-2)12-8-11(16)5-6-13(12)17/h5-6,8,10,14,18H,3-4,7,9H2,1-2H3. The van der Waals surface area contributed by atoms with Crippen molar-refractivity contribution in [2.24, 2.45) is 0 Å². The normalized spacial score (nSPS) is 12.6. The third-order valence-electron chi connectivity index (χ3n) is 3.36. The van der Waals surface area contributed by atoms with E-state index in [0.29, 0.717) is 5.02 Å². The zero-order valence-corrected chi connectivity index (χ0v) is 13.8. The smallest absolute Gasteiger partial charge is 0.138 e. The van der Waals surface area contributed by atoms with Crippen LogP contribution in [-0.2, 0) is 13.0 Å². The molecule has 1 heterocycles. The van der Waals surface area contributed by atoms with Gasteiger partial charge in [0.15, 0.2) is 0 Å². The topological polar surface area (TPSA) is 42.7 Å². The Balaban J connectivity index is 2.27. The Morgan fingerprint density at radius 3 is 2.81 bits per heavy atom. The Labute approximate surface area is 135 Å². The highest BCUT2D eigenvalue weighted by Gasteiger charge is 2.18. The predicted octanol–water partition coefficient (Wildman–Crippen LogP) is 3.89. The molecule has 6 heteroatoms. The van der Waals surface area contributed by atoms with Crippen molar-refractivity contribution in [2.75, 3.05) is 6.54 Å². The minimum atomic E-state index is 0.0747. The number of hydrogen-bond donors (Lipinski definition) is 1. The minimum Gasteiger partial charge on any atom is -0.310 e. The van der Waals surface area contributed by atoms with Gasteiger partial charge in [0, 0.05) is 29.1 Å². The molecule has 1 aromatic heterocycles. The van der Waals surface area contributed by atoms with Crippen molar-refractivity contribution in [2.45, 2.75) is 39.3 Å². The highest BCUT2D eigenvalue weighted by Crippen LogP contribution is 2.28. The molecule has 0 aliphatic carbocycles. The zero-order chi connectivity index (χ0) is 15.2. The van der Waals surface area contributed by atoms with Gasteiger partial charge in [-0.2, -0.15) is 5.10 Å². The van der Waals surface area contributed by atoms with Crippen LogP contribution in [0.3, 0.4) is 0 Å². The van der Waals surface area contributed by atoms with Crippen LogP contribution in [0.2, 0.25) is 10.0 Å². The van der Waals surface area contributed by atoms with Crippen LogP contribution in [0.4, 0.5) is 0 Å². The molecule has 1 aromatic carbocycles. The summed E-state index contributed by atoms with van der Waals surface area (Å²) in [5, 5.41) is 9.15. The van der Waals surface area contributed by atoms with Crippen molar-refractivity contribution in [3.8, 4) is 0 Å². The van der Waals surface area contributed by atoms with Crippen molar-refractivity contribution in [1.29, 1.82) is 0 Å². The number of nitrogens with one attached hydrogen (secondary N) is 1. The Hall–Kier alpha value is -1.10. The highest BCUT2D eigenvalue weighted by molar-refractivity contribution is 6.33. The van der Waals surface area contributed by atoms with Crippen LogP contribution in [0.1, 0.15) is 37.7 Å². The molecule has 0 radical (unpaired) electrons. The number of aromatic nitrogens is 3. The van der Waals surface area contributed by atoms with Crippen molar-refractivity contribution in [3.05, 3.63) is 46.0 Å². The van der Waals surface area contributed by atoms with Gasteiger partial charge in [-0.05, 0) is 43.7 Å². The van der Waals surface area contributed by atoms with E-state index in [-0.39, 0.29) is 6.04 Å². The molecule has 21 heavy (non-hydrogen) atoms. The summed E-state index contributed by atoms with van der Waals surface area (Å²) in [5.41, 5.74) is 1.00. The van der Waals surface area contributed by atoms with Crippen molar-refractivity contribution < 1.29 is 0 Å². The van der Waals surface area contributed by atoms with Crippen LogP contribution in [0.25, 0.3) is 0 Å². The number of nitrogens with zero attached hydrogens (tertiary/aromatic N) is 3. The Bertz CT molecular complexity index is 583. The molecule has 0 aliphatic rings. The lowest BCUT2D eigenvalue weighted by molar-refractivity contribution is 0.497. The van der Waals surface area contributed by atoms with Crippen molar-refractivity contribution in [1.82, 2.24) is 20.1 Å². The zero-order valence-electron chi connectivity index (χ0n) is 12.3. The summed E-state index contributed by atoms with van der Waals surface area (Å²) in [7, 11) is 0. The lowest BCUT2D eigenvalue weighted by atomic mass is 10.0. The summed E-state index contributed by atoms with van der Waals surface area (Å²) in [6, 6.07) is 5.64. The Kier molecular flexibility index (Phi) is 6.03. The second kappa shape index (κ2) is 7.78. The molecule has 1 atom stereocenters. The number of rotatable bonds is 7. The first kappa shape index (κ1) is 16.3. The summed E-state index contributed by atoms with van der Waals surface area (Å²) in [6.45, 7) is 5.91. The first-order valence-corrected chi connectivity index (χ1v) is 7.96. The monoisotopic (exact) mass is 326 g/mol. The van der Waals surface area contributed by atoms with Gasteiger partial charge >= 0.3 is 0 Å². The predicted molar refractivity (Wildman–Crippen MR) is 86.9 cm³/mol. The first-order chi connectivity index (χ1) is 10.2. The van der Waals surface area contributed by atoms with E-state index < -0.39 is 0 Å². The number of aryl methyl sites for hydroxylation is 1. The molecule has 0 saturated heterocycles. The van der Waals surface area contributed by atoms with Gasteiger partial charge in [-0.25, -0.2) is 4.98 Å². The molecule has 1 N–H and O–H groups in total. The molecule has 2 aromatic rings. The minimum absolute atomic E-state index is 0.0747. The van der Waals surface area contributed by atoms with E-state index in [0.717, 1.165) is 42.3 Å². The van der Waals surface area contributed by atoms with E-state index in [1.54, 1.807) is 12.4 Å². The number of halogens is 2. The van der Waals surface area contributed by atoms with Gasteiger partial charge in [-0.15, -0.1) is 0 Å². The molecular weight excluding hydrogens is 307 g/mol. The summed E-state index contributed by atoms with van der Waals surface area (Å²) in [6.07, 6.45) is 3.37. The van der Waals surface area contributed by atoms with E-state index in [4.69, 9.17) is 23.2 Å². The van der Waals surface area contributed by atoms with Crippen LogP contribution in [0.5, 0.6) is 0 Å². The van der Waals surface area contributed by atoms with Gasteiger partial charge in [-0.3, -0.25) is 4.68 Å². The van der Waals surface area contributed by atoms with E-state index >= 15 is 0 Å². The lowest BCUT2D eigenvalue weighted by Gasteiger charge is -2.20. The third-order valence-corrected chi connectivity index (χ3v) is 3.94. The molecule has 0 amide bonds. The van der Waals surface area contributed by atoms with Crippen molar-refractivity contribution >= 4 is 23.2 Å². The summed E-state index contributed by atoms with van der Waals surface area (Å²) >= 11 is 12.5. The van der Waals surface area contributed by atoms with E-state index in [9.17, 15) is 0 Å². The molecule has 0 saturated carbocycles. The first-order valence-electron chi connectivity index (χ1n) is 7.20. The second-order valence-corrected chi connectivity index (χ2v) is 5.71. The number of hydrogen-bond acceptors (Lipinski definition) is 3. The van der Waals surface area contributed by atoms with Gasteiger partial charge in [0.05, 0.1) is 0 Å². The van der Waals surface area contributed by atoms with E-state index in [1.807, 2.05) is 16.8 Å². The average Bonchev–Trinajstić information content (AvgIpc) is 2.93. The fraction of sp³-hybridized carbons (Fsp3) is 0.467. The fourth-order valence-electron chi connectivity index (χ4n) is 2.29. The molecule has 0 spiro atoms. The molecule has 2 rings (SSSR count). The molecule has 4 nitrogen and oxygen atoms in total. The summed E-state index contributed by atoms with van der Waals surface area (Å²) in [4.78, 5) is 4.35. The van der Waals surface area contributed by atoms with Gasteiger partial charge in [0.1, 0.15) is 12.2 Å². The number of benzene rings is 1. The van der Waals surface area contributed by atoms with E-state index in [2.05, 4.69) is 29.2 Å². The van der Waals surface area contributed by atoms with Gasteiger partial charge in [0.25, 0.3) is 0 Å². The largest absolute Gasteiger partial charge is 0.310 e. The Morgan fingerprint density at radius 2 is 2.10 bits per heavy atom. The SMILES string of the molecule is CCCNC(Cc1ncnn1CC)c1cc(Cl)ccc1Cl. The van der Waals surface area contributed by atoms with Gasteiger partial charge in [-0.1, -0.05) is 30.1 Å². The van der Waals surface area contributed by atoms with Crippen LogP contribution in [0.15, 0.2) is 24.5 Å². The summed E-state index contributed by atoms with van der Waals surface area (Å²) in [5.74, 6) is 0.946. The van der Waals surface area contributed by atoms with Crippen LogP contribution in [0, 0.1) is 0 Å². The van der Waals surface area contributed by atoms with Crippen LogP contribution < -0.4 is 5.32 Å². The van der Waals surface area contributed by atoms with Gasteiger partial charge in [0.2, 0.25) is 0 Å². The molecular formula is C15H20Cl2N4. The van der Waals surface area contributed by atoms with E-state index in [1.165, 1.54) is 0 Å². The summed E-state index contributed by atoms with van der Waals surface area (Å²) < 4.78 is 1.90. The second-order valence-electron chi connectivity index (χ2n) is 4.87. The molecule has 0 aliphatic heterocycles. The maximum atomic E-state index is 6.34. The van der Waals surface area contributed by atoms with Gasteiger partial charge < -0.3 is 5.32 Å². The molecule has 0 bridgehead atoms. The van der Waals surface area contributed by atoms with Crippen LogP contribution >= 0.6 is 23.2 Å². The van der Waals surface area contributed by atoms with Crippen LogP contribution in [-0.4, -0.2) is 21.3 Å². The maximum Gasteiger partial charge on any atom is 0.138 e. The van der Waals surface area contributed by atoms with Crippen molar-refractivity contribution in [3.63, 3.8) is 0 Å². The molecule has 0 fully saturated rings. The fourth-order valence-corrected chi connectivity index (χ4v) is 2.71. The maximum absolute atomic E-state index is 6.34. The quantitative estimate of drug-likeness (QED) is 0.839. The molecule has 114 valence electrons.